The van der Waals surface area contributed by atoms with E-state index in [0.29, 0.717) is 5.25 Å². The molecule has 2 heteroatoms. The molecule has 0 saturated carbocycles. The maximum absolute atomic E-state index is 6.37. The molecule has 2 atom stereocenters. The van der Waals surface area contributed by atoms with Crippen LogP contribution in [0.2, 0.25) is 0 Å². The maximum Gasteiger partial charge on any atom is 0.0448 e. The van der Waals surface area contributed by atoms with E-state index in [1.54, 1.807) is 0 Å². The Hall–Kier alpha value is -1.25. The van der Waals surface area contributed by atoms with Gasteiger partial charge in [-0.25, -0.2) is 0 Å². The molecule has 2 aromatic carbocycles. The summed E-state index contributed by atoms with van der Waals surface area (Å²) in [5, 5.41) is 0.353. The lowest BCUT2D eigenvalue weighted by molar-refractivity contribution is 0.653. The monoisotopic (exact) mass is 257 g/mol. The Morgan fingerprint density at radius 1 is 0.944 bits per heavy atom. The fraction of sp³-hybridized carbons (Fsp3) is 0.250. The summed E-state index contributed by atoms with van der Waals surface area (Å²) in [6, 6.07) is 21.1. The number of hydrogen-bond donors (Lipinski definition) is 1. The standard InChI is InChI=1S/C16H19NS/c1-18-16(14-10-6-3-7-11-14)15(17)12-13-8-4-2-5-9-13/h2-11,15-16H,12,17H2,1H3. The molecule has 0 radical (unpaired) electrons. The molecule has 0 fully saturated rings. The van der Waals surface area contributed by atoms with Crippen LogP contribution < -0.4 is 5.73 Å². The summed E-state index contributed by atoms with van der Waals surface area (Å²) in [7, 11) is 0. The minimum absolute atomic E-state index is 0.143. The molecule has 2 rings (SSSR count). The smallest absolute Gasteiger partial charge is 0.0448 e. The highest BCUT2D eigenvalue weighted by Crippen LogP contribution is 2.30. The Kier molecular flexibility index (Phi) is 4.85. The molecule has 0 amide bonds. The Balaban J connectivity index is 2.09. The summed E-state index contributed by atoms with van der Waals surface area (Å²) in [4.78, 5) is 0. The van der Waals surface area contributed by atoms with Gasteiger partial charge in [-0.05, 0) is 23.8 Å². The van der Waals surface area contributed by atoms with Crippen molar-refractivity contribution in [2.24, 2.45) is 5.73 Å². The van der Waals surface area contributed by atoms with Crippen LogP contribution >= 0.6 is 11.8 Å². The first kappa shape index (κ1) is 13.2. The highest BCUT2D eigenvalue weighted by Gasteiger charge is 2.18. The number of rotatable bonds is 5. The maximum atomic E-state index is 6.37. The van der Waals surface area contributed by atoms with Gasteiger partial charge in [0.25, 0.3) is 0 Å². The second-order valence-electron chi connectivity index (χ2n) is 4.42. The summed E-state index contributed by atoms with van der Waals surface area (Å²) in [5.41, 5.74) is 8.99. The van der Waals surface area contributed by atoms with Gasteiger partial charge >= 0.3 is 0 Å². The molecule has 0 bridgehead atoms. The largest absolute Gasteiger partial charge is 0.326 e. The summed E-state index contributed by atoms with van der Waals surface area (Å²) in [5.74, 6) is 0. The summed E-state index contributed by atoms with van der Waals surface area (Å²) in [6.45, 7) is 0. The third kappa shape index (κ3) is 3.37. The van der Waals surface area contributed by atoms with Crippen LogP contribution in [-0.4, -0.2) is 12.3 Å². The normalized spacial score (nSPS) is 14.1. The van der Waals surface area contributed by atoms with Gasteiger partial charge in [-0.1, -0.05) is 60.7 Å². The van der Waals surface area contributed by atoms with Gasteiger partial charge in [0.05, 0.1) is 0 Å². The van der Waals surface area contributed by atoms with Crippen molar-refractivity contribution >= 4 is 11.8 Å². The molecule has 0 saturated heterocycles. The predicted octanol–water partition coefficient (Wildman–Crippen LogP) is 3.66. The number of hydrogen-bond acceptors (Lipinski definition) is 2. The highest BCUT2D eigenvalue weighted by molar-refractivity contribution is 7.98. The molecule has 1 nitrogen and oxygen atoms in total. The van der Waals surface area contributed by atoms with Gasteiger partial charge in [0.15, 0.2) is 0 Å². The van der Waals surface area contributed by atoms with Gasteiger partial charge in [0.2, 0.25) is 0 Å². The Bertz CT molecular complexity index is 455. The van der Waals surface area contributed by atoms with Crippen LogP contribution in [0.3, 0.4) is 0 Å². The Morgan fingerprint density at radius 3 is 2.06 bits per heavy atom. The van der Waals surface area contributed by atoms with Crippen LogP contribution in [0.15, 0.2) is 60.7 Å². The lowest BCUT2D eigenvalue weighted by Crippen LogP contribution is -2.29. The fourth-order valence-corrected chi connectivity index (χ4v) is 3.07. The van der Waals surface area contributed by atoms with Gasteiger partial charge < -0.3 is 5.73 Å². The van der Waals surface area contributed by atoms with E-state index in [1.165, 1.54) is 11.1 Å². The van der Waals surface area contributed by atoms with Crippen molar-refractivity contribution < 1.29 is 0 Å². The second-order valence-corrected chi connectivity index (χ2v) is 5.40. The molecule has 0 aliphatic carbocycles. The van der Waals surface area contributed by atoms with E-state index in [-0.39, 0.29) is 6.04 Å². The van der Waals surface area contributed by atoms with Crippen LogP contribution in [-0.2, 0) is 6.42 Å². The van der Waals surface area contributed by atoms with E-state index in [9.17, 15) is 0 Å². The lowest BCUT2D eigenvalue weighted by Gasteiger charge is -2.22. The summed E-state index contributed by atoms with van der Waals surface area (Å²) >= 11 is 1.83. The topological polar surface area (TPSA) is 26.0 Å². The molecule has 0 aliphatic rings. The Morgan fingerprint density at radius 2 is 1.50 bits per heavy atom. The van der Waals surface area contributed by atoms with E-state index < -0.39 is 0 Å². The zero-order chi connectivity index (χ0) is 12.8. The van der Waals surface area contributed by atoms with Gasteiger partial charge in [-0.3, -0.25) is 0 Å². The second kappa shape index (κ2) is 6.62. The number of thioether (sulfide) groups is 1. The minimum atomic E-state index is 0.143. The number of benzene rings is 2. The molecule has 18 heavy (non-hydrogen) atoms. The minimum Gasteiger partial charge on any atom is -0.326 e. The van der Waals surface area contributed by atoms with E-state index in [1.807, 2.05) is 23.9 Å². The molecule has 2 N–H and O–H groups in total. The quantitative estimate of drug-likeness (QED) is 0.884. The number of nitrogens with two attached hydrogens (primary N) is 1. The van der Waals surface area contributed by atoms with Crippen LogP contribution in [0.4, 0.5) is 0 Å². The van der Waals surface area contributed by atoms with Crippen LogP contribution in [0.1, 0.15) is 16.4 Å². The first-order valence-electron chi connectivity index (χ1n) is 6.18. The first-order valence-corrected chi connectivity index (χ1v) is 7.47. The van der Waals surface area contributed by atoms with Gasteiger partial charge in [-0.2, -0.15) is 11.8 Å². The average molecular weight is 257 g/mol. The van der Waals surface area contributed by atoms with E-state index in [4.69, 9.17) is 5.73 Å². The van der Waals surface area contributed by atoms with Crippen molar-refractivity contribution in [3.63, 3.8) is 0 Å². The van der Waals surface area contributed by atoms with Crippen molar-refractivity contribution in [1.82, 2.24) is 0 Å². The van der Waals surface area contributed by atoms with Crippen molar-refractivity contribution in [1.29, 1.82) is 0 Å². The zero-order valence-electron chi connectivity index (χ0n) is 10.6. The van der Waals surface area contributed by atoms with Gasteiger partial charge in [-0.15, -0.1) is 0 Å². The third-order valence-electron chi connectivity index (χ3n) is 3.09. The van der Waals surface area contributed by atoms with Crippen molar-refractivity contribution in [2.75, 3.05) is 6.26 Å². The Labute approximate surface area is 113 Å². The third-order valence-corrected chi connectivity index (χ3v) is 4.21. The van der Waals surface area contributed by atoms with Crippen LogP contribution in [0.5, 0.6) is 0 Å². The molecule has 0 aliphatic heterocycles. The molecular weight excluding hydrogens is 238 g/mol. The molecule has 2 unspecified atom stereocenters. The first-order chi connectivity index (χ1) is 8.81. The molecule has 2 aromatic rings. The highest BCUT2D eigenvalue weighted by atomic mass is 32.2. The van der Waals surface area contributed by atoms with E-state index in [0.717, 1.165) is 6.42 Å². The molecule has 0 spiro atoms. The van der Waals surface area contributed by atoms with E-state index in [2.05, 4.69) is 54.8 Å². The molecule has 0 aromatic heterocycles. The lowest BCUT2D eigenvalue weighted by atomic mass is 9.99. The van der Waals surface area contributed by atoms with E-state index >= 15 is 0 Å². The van der Waals surface area contributed by atoms with Crippen molar-refractivity contribution in [3.05, 3.63) is 71.8 Å². The summed E-state index contributed by atoms with van der Waals surface area (Å²) < 4.78 is 0. The molecular formula is C16H19NS. The summed E-state index contributed by atoms with van der Waals surface area (Å²) in [6.07, 6.45) is 3.05. The van der Waals surface area contributed by atoms with Crippen molar-refractivity contribution in [3.8, 4) is 0 Å². The van der Waals surface area contributed by atoms with Crippen molar-refractivity contribution in [2.45, 2.75) is 17.7 Å². The predicted molar refractivity (Wildman–Crippen MR) is 80.8 cm³/mol. The van der Waals surface area contributed by atoms with Gasteiger partial charge in [0, 0.05) is 11.3 Å². The fourth-order valence-electron chi connectivity index (χ4n) is 2.19. The molecule has 0 heterocycles. The SMILES string of the molecule is CSC(c1ccccc1)C(N)Cc1ccccc1. The zero-order valence-corrected chi connectivity index (χ0v) is 11.4. The van der Waals surface area contributed by atoms with Crippen LogP contribution in [0.25, 0.3) is 0 Å². The average Bonchev–Trinajstić information content (AvgIpc) is 2.42. The van der Waals surface area contributed by atoms with Crippen LogP contribution in [0, 0.1) is 0 Å². The van der Waals surface area contributed by atoms with Gasteiger partial charge in [0.1, 0.15) is 0 Å². The molecule has 94 valence electrons.